The molecule has 3 rings (SSSR count). The Morgan fingerprint density at radius 1 is 1.19 bits per heavy atom. The van der Waals surface area contributed by atoms with E-state index in [9.17, 15) is 18.0 Å². The van der Waals surface area contributed by atoms with Crippen LogP contribution in [0.15, 0.2) is 48.9 Å². The van der Waals surface area contributed by atoms with Gasteiger partial charge < -0.3 is 9.64 Å². The first-order chi connectivity index (χ1) is 12.9. The standard InChI is InChI=1S/C18H19N3O5S/c22-17(12-26-18(23)16-10-19-7-8-20-16)21(11-14-4-2-1-3-5-14)15-6-9-27(24,25)13-15/h1-5,7-8,10,15H,6,9,11-13H2/t15-/m0/s1. The normalized spacial score (nSPS) is 18.0. The van der Waals surface area contributed by atoms with E-state index >= 15 is 0 Å². The van der Waals surface area contributed by atoms with Gasteiger partial charge in [-0.3, -0.25) is 9.78 Å². The van der Waals surface area contributed by atoms with Crippen LogP contribution < -0.4 is 0 Å². The zero-order valence-corrected chi connectivity index (χ0v) is 15.3. The van der Waals surface area contributed by atoms with Crippen LogP contribution in [0.4, 0.5) is 0 Å². The number of nitrogens with zero attached hydrogens (tertiary/aromatic N) is 3. The number of rotatable bonds is 6. The highest BCUT2D eigenvalue weighted by Gasteiger charge is 2.35. The van der Waals surface area contributed by atoms with Gasteiger partial charge >= 0.3 is 5.97 Å². The maximum Gasteiger partial charge on any atom is 0.359 e. The number of aromatic nitrogens is 2. The fraction of sp³-hybridized carbons (Fsp3) is 0.333. The van der Waals surface area contributed by atoms with E-state index in [1.54, 1.807) is 0 Å². The molecular formula is C18H19N3O5S. The summed E-state index contributed by atoms with van der Waals surface area (Å²) in [4.78, 5) is 33.7. The van der Waals surface area contributed by atoms with Crippen molar-refractivity contribution in [1.82, 2.24) is 14.9 Å². The van der Waals surface area contributed by atoms with E-state index in [4.69, 9.17) is 4.74 Å². The molecule has 1 aliphatic heterocycles. The molecule has 142 valence electrons. The molecule has 0 radical (unpaired) electrons. The molecule has 1 fully saturated rings. The second kappa shape index (κ2) is 8.26. The van der Waals surface area contributed by atoms with E-state index in [1.165, 1.54) is 23.5 Å². The molecule has 9 heteroatoms. The van der Waals surface area contributed by atoms with Crippen molar-refractivity contribution in [3.05, 3.63) is 60.2 Å². The predicted molar refractivity (Wildman–Crippen MR) is 96.4 cm³/mol. The average molecular weight is 389 g/mol. The summed E-state index contributed by atoms with van der Waals surface area (Å²) in [6.07, 6.45) is 4.39. The molecule has 0 spiro atoms. The molecule has 2 heterocycles. The van der Waals surface area contributed by atoms with Gasteiger partial charge in [0.25, 0.3) is 5.91 Å². The van der Waals surface area contributed by atoms with Crippen LogP contribution in [0, 0.1) is 0 Å². The molecular weight excluding hydrogens is 370 g/mol. The lowest BCUT2D eigenvalue weighted by Crippen LogP contribution is -2.42. The smallest absolute Gasteiger partial charge is 0.359 e. The van der Waals surface area contributed by atoms with Crippen LogP contribution in [0.25, 0.3) is 0 Å². The molecule has 1 aliphatic rings. The van der Waals surface area contributed by atoms with E-state index in [1.807, 2.05) is 30.3 Å². The summed E-state index contributed by atoms with van der Waals surface area (Å²) in [6, 6.07) is 8.83. The summed E-state index contributed by atoms with van der Waals surface area (Å²) in [7, 11) is -3.16. The molecule has 0 saturated carbocycles. The predicted octanol–water partition coefficient (Wildman–Crippen LogP) is 0.849. The van der Waals surface area contributed by atoms with Gasteiger partial charge in [0.05, 0.1) is 17.7 Å². The fourth-order valence-electron chi connectivity index (χ4n) is 2.91. The number of ether oxygens (including phenoxy) is 1. The summed E-state index contributed by atoms with van der Waals surface area (Å²) in [5.74, 6) is -1.23. The summed E-state index contributed by atoms with van der Waals surface area (Å²) in [5, 5.41) is 0. The Morgan fingerprint density at radius 3 is 2.59 bits per heavy atom. The SMILES string of the molecule is O=C(OCC(=O)N(Cc1ccccc1)[C@H]1CCS(=O)(=O)C1)c1cnccn1. The molecule has 1 atom stereocenters. The fourth-order valence-corrected chi connectivity index (χ4v) is 4.64. The first-order valence-corrected chi connectivity index (χ1v) is 10.2. The van der Waals surface area contributed by atoms with Crippen molar-refractivity contribution in [2.24, 2.45) is 0 Å². The first-order valence-electron chi connectivity index (χ1n) is 8.41. The number of carbonyl (C=O) groups is 2. The largest absolute Gasteiger partial charge is 0.451 e. The third kappa shape index (κ3) is 5.10. The Bertz CT molecular complexity index is 903. The van der Waals surface area contributed by atoms with Gasteiger partial charge in [-0.1, -0.05) is 30.3 Å². The van der Waals surface area contributed by atoms with Crippen molar-refractivity contribution in [1.29, 1.82) is 0 Å². The molecule has 1 saturated heterocycles. The Balaban J connectivity index is 1.69. The summed E-state index contributed by atoms with van der Waals surface area (Å²) in [5.41, 5.74) is 0.874. The number of hydrogen-bond acceptors (Lipinski definition) is 7. The molecule has 8 nitrogen and oxygen atoms in total. The zero-order chi connectivity index (χ0) is 19.3. The lowest BCUT2D eigenvalue weighted by Gasteiger charge is -2.28. The van der Waals surface area contributed by atoms with E-state index < -0.39 is 34.4 Å². The van der Waals surface area contributed by atoms with Crippen LogP contribution in [0.1, 0.15) is 22.5 Å². The summed E-state index contributed by atoms with van der Waals surface area (Å²) in [6.45, 7) is -0.235. The number of esters is 1. The number of amides is 1. The van der Waals surface area contributed by atoms with Gasteiger partial charge in [-0.25, -0.2) is 18.2 Å². The molecule has 0 aliphatic carbocycles. The van der Waals surface area contributed by atoms with Gasteiger partial charge in [0, 0.05) is 25.0 Å². The summed E-state index contributed by atoms with van der Waals surface area (Å²) < 4.78 is 28.7. The second-order valence-electron chi connectivity index (χ2n) is 6.23. The van der Waals surface area contributed by atoms with Crippen molar-refractivity contribution in [2.75, 3.05) is 18.1 Å². The van der Waals surface area contributed by atoms with Crippen LogP contribution in [0.2, 0.25) is 0 Å². The van der Waals surface area contributed by atoms with Crippen LogP contribution in [0.5, 0.6) is 0 Å². The van der Waals surface area contributed by atoms with E-state index in [2.05, 4.69) is 9.97 Å². The quantitative estimate of drug-likeness (QED) is 0.674. The third-order valence-electron chi connectivity index (χ3n) is 4.26. The molecule has 0 bridgehead atoms. The Kier molecular flexibility index (Phi) is 5.80. The lowest BCUT2D eigenvalue weighted by molar-refractivity contribution is -0.137. The number of sulfone groups is 1. The first kappa shape index (κ1) is 19.0. The van der Waals surface area contributed by atoms with Crippen molar-refractivity contribution in [3.8, 4) is 0 Å². The Hall–Kier alpha value is -2.81. The third-order valence-corrected chi connectivity index (χ3v) is 6.01. The van der Waals surface area contributed by atoms with Gasteiger partial charge in [-0.15, -0.1) is 0 Å². The van der Waals surface area contributed by atoms with Crippen LogP contribution in [-0.2, 0) is 25.9 Å². The van der Waals surface area contributed by atoms with Gasteiger partial charge in [-0.05, 0) is 12.0 Å². The Labute approximate surface area is 157 Å². The molecule has 1 aromatic heterocycles. The zero-order valence-electron chi connectivity index (χ0n) is 14.5. The van der Waals surface area contributed by atoms with Gasteiger partial charge in [-0.2, -0.15) is 0 Å². The van der Waals surface area contributed by atoms with Crippen LogP contribution in [-0.4, -0.2) is 59.3 Å². The highest BCUT2D eigenvalue weighted by atomic mass is 32.2. The minimum Gasteiger partial charge on any atom is -0.451 e. The van der Waals surface area contributed by atoms with E-state index in [0.717, 1.165) is 5.56 Å². The van der Waals surface area contributed by atoms with E-state index in [-0.39, 0.29) is 23.7 Å². The highest BCUT2D eigenvalue weighted by Crippen LogP contribution is 2.20. The van der Waals surface area contributed by atoms with E-state index in [0.29, 0.717) is 6.42 Å². The Morgan fingerprint density at radius 2 is 1.96 bits per heavy atom. The molecule has 2 aromatic rings. The number of carbonyl (C=O) groups excluding carboxylic acids is 2. The molecule has 1 aromatic carbocycles. The molecule has 27 heavy (non-hydrogen) atoms. The average Bonchev–Trinajstić information content (AvgIpc) is 3.05. The second-order valence-corrected chi connectivity index (χ2v) is 8.46. The minimum absolute atomic E-state index is 0.00311. The maximum absolute atomic E-state index is 12.7. The lowest BCUT2D eigenvalue weighted by atomic mass is 10.1. The van der Waals surface area contributed by atoms with Crippen molar-refractivity contribution >= 4 is 21.7 Å². The topological polar surface area (TPSA) is 107 Å². The monoisotopic (exact) mass is 389 g/mol. The van der Waals surface area contributed by atoms with Crippen molar-refractivity contribution in [3.63, 3.8) is 0 Å². The van der Waals surface area contributed by atoms with Gasteiger partial charge in [0.1, 0.15) is 0 Å². The molecule has 0 unspecified atom stereocenters. The molecule has 1 amide bonds. The minimum atomic E-state index is -3.16. The summed E-state index contributed by atoms with van der Waals surface area (Å²) >= 11 is 0. The highest BCUT2D eigenvalue weighted by molar-refractivity contribution is 7.91. The van der Waals surface area contributed by atoms with Gasteiger partial charge in [0.2, 0.25) is 0 Å². The number of benzene rings is 1. The van der Waals surface area contributed by atoms with Crippen LogP contribution in [0.3, 0.4) is 0 Å². The van der Waals surface area contributed by atoms with Crippen LogP contribution >= 0.6 is 0 Å². The maximum atomic E-state index is 12.7. The number of hydrogen-bond donors (Lipinski definition) is 0. The molecule has 0 N–H and O–H groups in total. The van der Waals surface area contributed by atoms with Crippen molar-refractivity contribution < 1.29 is 22.7 Å². The van der Waals surface area contributed by atoms with Gasteiger partial charge in [0.15, 0.2) is 22.1 Å². The van der Waals surface area contributed by atoms with Crippen molar-refractivity contribution in [2.45, 2.75) is 19.0 Å².